The van der Waals surface area contributed by atoms with E-state index in [4.69, 9.17) is 4.52 Å². The van der Waals surface area contributed by atoms with Gasteiger partial charge in [-0.25, -0.2) is 4.98 Å². The third kappa shape index (κ3) is 2.86. The summed E-state index contributed by atoms with van der Waals surface area (Å²) in [6.07, 6.45) is 5.31. The van der Waals surface area contributed by atoms with Crippen LogP contribution in [0.15, 0.2) is 29.2 Å². The maximum Gasteiger partial charge on any atom is 0.293 e. The van der Waals surface area contributed by atoms with Crippen molar-refractivity contribution in [3.63, 3.8) is 0 Å². The lowest BCUT2D eigenvalue weighted by Crippen LogP contribution is -2.40. The fraction of sp³-hybridized carbons (Fsp3) is 0.474. The lowest BCUT2D eigenvalue weighted by molar-refractivity contribution is -0.129. The lowest BCUT2D eigenvalue weighted by atomic mass is 10.1. The van der Waals surface area contributed by atoms with Crippen LogP contribution < -0.4 is 0 Å². The van der Waals surface area contributed by atoms with Crippen molar-refractivity contribution < 1.29 is 14.1 Å². The number of aryl methyl sites for hydroxylation is 1. The molecule has 0 radical (unpaired) electrons. The second kappa shape index (κ2) is 6.94. The van der Waals surface area contributed by atoms with Gasteiger partial charge in [0.1, 0.15) is 6.33 Å². The zero-order valence-electron chi connectivity index (χ0n) is 16.1. The van der Waals surface area contributed by atoms with E-state index in [9.17, 15) is 9.59 Å². The van der Waals surface area contributed by atoms with Crippen LogP contribution in [0.3, 0.4) is 0 Å². The second-order valence-electron chi connectivity index (χ2n) is 7.47. The SMILES string of the molecule is CCCn1cnnc1CN1C(=O)C[C@H]2[C@@H]1CCN2C(=O)c1onc2ncccc12. The van der Waals surface area contributed by atoms with Crippen molar-refractivity contribution >= 4 is 22.8 Å². The summed E-state index contributed by atoms with van der Waals surface area (Å²) in [4.78, 5) is 33.6. The van der Waals surface area contributed by atoms with E-state index in [0.29, 0.717) is 30.5 Å². The Morgan fingerprint density at radius 3 is 3.10 bits per heavy atom. The van der Waals surface area contributed by atoms with Gasteiger partial charge in [-0.3, -0.25) is 9.59 Å². The smallest absolute Gasteiger partial charge is 0.293 e. The predicted molar refractivity (Wildman–Crippen MR) is 101 cm³/mol. The van der Waals surface area contributed by atoms with Gasteiger partial charge in [0.25, 0.3) is 5.91 Å². The van der Waals surface area contributed by atoms with Gasteiger partial charge in [0, 0.05) is 25.7 Å². The molecule has 0 saturated carbocycles. The van der Waals surface area contributed by atoms with Gasteiger partial charge in [-0.2, -0.15) is 0 Å². The predicted octanol–water partition coefficient (Wildman–Crippen LogP) is 1.24. The molecule has 0 spiro atoms. The van der Waals surface area contributed by atoms with E-state index in [2.05, 4.69) is 27.3 Å². The molecule has 150 valence electrons. The molecule has 10 heteroatoms. The van der Waals surface area contributed by atoms with Gasteiger partial charge in [0.2, 0.25) is 17.3 Å². The van der Waals surface area contributed by atoms with Crippen LogP contribution in [-0.2, 0) is 17.9 Å². The number of carbonyl (C=O) groups is 2. The summed E-state index contributed by atoms with van der Waals surface area (Å²) < 4.78 is 7.27. The van der Waals surface area contributed by atoms with Crippen molar-refractivity contribution in [2.75, 3.05) is 6.54 Å². The molecular weight excluding hydrogens is 374 g/mol. The van der Waals surface area contributed by atoms with Gasteiger partial charge in [-0.15, -0.1) is 10.2 Å². The molecule has 0 unspecified atom stereocenters. The molecule has 0 N–H and O–H groups in total. The Hall–Kier alpha value is -3.30. The molecule has 2 aliphatic rings. The number of amides is 2. The molecular formula is C19H21N7O3. The molecule has 10 nitrogen and oxygen atoms in total. The maximum atomic E-state index is 13.1. The number of nitrogens with zero attached hydrogens (tertiary/aromatic N) is 7. The molecule has 3 aromatic heterocycles. The van der Waals surface area contributed by atoms with E-state index in [1.807, 2.05) is 9.47 Å². The molecule has 3 aromatic rings. The van der Waals surface area contributed by atoms with Crippen molar-refractivity contribution in [2.24, 2.45) is 0 Å². The van der Waals surface area contributed by atoms with Gasteiger partial charge in [0.15, 0.2) is 5.82 Å². The van der Waals surface area contributed by atoms with Crippen LogP contribution in [-0.4, -0.2) is 65.1 Å². The first-order valence-electron chi connectivity index (χ1n) is 9.85. The Labute approximate surface area is 166 Å². The minimum Gasteiger partial charge on any atom is -0.348 e. The lowest BCUT2D eigenvalue weighted by Gasteiger charge is -2.24. The van der Waals surface area contributed by atoms with Crippen LogP contribution in [0.1, 0.15) is 42.6 Å². The summed E-state index contributed by atoms with van der Waals surface area (Å²) in [5.41, 5.74) is 0.408. The highest BCUT2D eigenvalue weighted by atomic mass is 16.5. The van der Waals surface area contributed by atoms with Crippen LogP contribution in [0.25, 0.3) is 11.0 Å². The van der Waals surface area contributed by atoms with Crippen molar-refractivity contribution in [2.45, 2.75) is 51.4 Å². The molecule has 5 rings (SSSR count). The van der Waals surface area contributed by atoms with Crippen molar-refractivity contribution in [1.82, 2.24) is 34.7 Å². The van der Waals surface area contributed by atoms with Gasteiger partial charge in [0.05, 0.1) is 24.0 Å². The molecule has 0 aliphatic carbocycles. The van der Waals surface area contributed by atoms with Crippen LogP contribution in [0.5, 0.6) is 0 Å². The van der Waals surface area contributed by atoms with E-state index < -0.39 is 0 Å². The van der Waals surface area contributed by atoms with Crippen molar-refractivity contribution in [1.29, 1.82) is 0 Å². The average molecular weight is 395 g/mol. The van der Waals surface area contributed by atoms with Crippen LogP contribution in [0, 0.1) is 0 Å². The number of hydrogen-bond acceptors (Lipinski definition) is 7. The largest absolute Gasteiger partial charge is 0.348 e. The summed E-state index contributed by atoms with van der Waals surface area (Å²) in [5, 5.41) is 12.6. The number of hydrogen-bond donors (Lipinski definition) is 0. The normalized spacial score (nSPS) is 21.3. The average Bonchev–Trinajstić information content (AvgIpc) is 3.48. The first-order chi connectivity index (χ1) is 14.2. The van der Waals surface area contributed by atoms with E-state index in [-0.39, 0.29) is 29.7 Å². The van der Waals surface area contributed by atoms with Gasteiger partial charge < -0.3 is 18.9 Å². The Morgan fingerprint density at radius 2 is 2.24 bits per heavy atom. The molecule has 0 bridgehead atoms. The van der Waals surface area contributed by atoms with Crippen LogP contribution >= 0.6 is 0 Å². The standard InChI is InChI=1S/C19H21N7O3/c1-2-7-24-11-21-22-15(24)10-26-13-5-8-25(14(13)9-16(26)27)19(28)17-12-4-3-6-20-18(12)23-29-17/h3-4,6,11,13-14H,2,5,7-10H2,1H3/t13-,14-/m0/s1. The third-order valence-corrected chi connectivity index (χ3v) is 5.80. The zero-order valence-corrected chi connectivity index (χ0v) is 16.1. The quantitative estimate of drug-likeness (QED) is 0.639. The molecule has 0 aromatic carbocycles. The molecule has 2 saturated heterocycles. The topological polar surface area (TPSA) is 110 Å². The van der Waals surface area contributed by atoms with Crippen molar-refractivity contribution in [3.8, 4) is 0 Å². The van der Waals surface area contributed by atoms with E-state index >= 15 is 0 Å². The van der Waals surface area contributed by atoms with E-state index in [0.717, 1.165) is 25.2 Å². The monoisotopic (exact) mass is 395 g/mol. The number of rotatable bonds is 5. The summed E-state index contributed by atoms with van der Waals surface area (Å²) in [5.74, 6) is 0.754. The summed E-state index contributed by atoms with van der Waals surface area (Å²) >= 11 is 0. The minimum atomic E-state index is -0.239. The fourth-order valence-corrected chi connectivity index (χ4v) is 4.44. The Balaban J connectivity index is 1.37. The molecule has 2 amide bonds. The Bertz CT molecular complexity index is 1070. The van der Waals surface area contributed by atoms with Crippen LogP contribution in [0.2, 0.25) is 0 Å². The highest BCUT2D eigenvalue weighted by molar-refractivity contribution is 6.03. The summed E-state index contributed by atoms with van der Waals surface area (Å²) in [6.45, 7) is 3.89. The molecule has 5 heterocycles. The molecule has 2 fully saturated rings. The van der Waals surface area contributed by atoms with Gasteiger partial charge in [-0.1, -0.05) is 12.1 Å². The minimum absolute atomic E-state index is 0.0227. The Kier molecular flexibility index (Phi) is 4.26. The number of pyridine rings is 1. The molecule has 2 atom stereocenters. The highest BCUT2D eigenvalue weighted by Gasteiger charge is 2.49. The van der Waals surface area contributed by atoms with E-state index in [1.54, 1.807) is 29.6 Å². The maximum absolute atomic E-state index is 13.1. The first kappa shape index (κ1) is 17.8. The fourth-order valence-electron chi connectivity index (χ4n) is 4.44. The second-order valence-corrected chi connectivity index (χ2v) is 7.47. The summed E-state index contributed by atoms with van der Waals surface area (Å²) in [7, 11) is 0. The highest BCUT2D eigenvalue weighted by Crippen LogP contribution is 2.35. The molecule has 29 heavy (non-hydrogen) atoms. The number of aromatic nitrogens is 5. The summed E-state index contributed by atoms with van der Waals surface area (Å²) in [6, 6.07) is 3.32. The third-order valence-electron chi connectivity index (χ3n) is 5.80. The number of fused-ring (bicyclic) bond motifs is 2. The number of carbonyl (C=O) groups excluding carboxylic acids is 2. The van der Waals surface area contributed by atoms with Crippen LogP contribution in [0.4, 0.5) is 0 Å². The molecule has 2 aliphatic heterocycles. The van der Waals surface area contributed by atoms with E-state index in [1.165, 1.54) is 0 Å². The number of likely N-dealkylation sites (tertiary alicyclic amines) is 2. The van der Waals surface area contributed by atoms with Gasteiger partial charge in [-0.05, 0) is 25.0 Å². The zero-order chi connectivity index (χ0) is 20.0. The van der Waals surface area contributed by atoms with Gasteiger partial charge >= 0.3 is 0 Å². The van der Waals surface area contributed by atoms with Crippen molar-refractivity contribution in [3.05, 3.63) is 36.2 Å². The first-order valence-corrected chi connectivity index (χ1v) is 9.85. The Morgan fingerprint density at radius 1 is 1.34 bits per heavy atom.